The monoisotopic (exact) mass is 356 g/mol. The van der Waals surface area contributed by atoms with Crippen molar-refractivity contribution in [3.63, 3.8) is 0 Å². The van der Waals surface area contributed by atoms with Crippen molar-refractivity contribution in [1.29, 1.82) is 0 Å². The average Bonchev–Trinajstić information content (AvgIpc) is 2.61. The van der Waals surface area contributed by atoms with E-state index in [1.54, 1.807) is 24.5 Å². The maximum absolute atomic E-state index is 13.3. The molecule has 0 bridgehead atoms. The minimum Gasteiger partial charge on any atom is -0.365 e. The van der Waals surface area contributed by atoms with Crippen LogP contribution >= 0.6 is 11.6 Å². The van der Waals surface area contributed by atoms with E-state index in [4.69, 9.17) is 11.6 Å². The van der Waals surface area contributed by atoms with Crippen molar-refractivity contribution in [2.24, 2.45) is 0 Å². The molecule has 25 heavy (non-hydrogen) atoms. The number of hydrogen-bond donors (Lipinski definition) is 2. The zero-order valence-corrected chi connectivity index (χ0v) is 13.8. The maximum Gasteiger partial charge on any atom is 0.259 e. The highest BCUT2D eigenvalue weighted by atomic mass is 35.5. The Hall–Kier alpha value is -2.99. The van der Waals surface area contributed by atoms with E-state index >= 15 is 0 Å². The number of rotatable bonds is 5. The summed E-state index contributed by atoms with van der Waals surface area (Å²) in [5, 5.41) is 6.00. The first-order valence-corrected chi connectivity index (χ1v) is 7.86. The Bertz CT molecular complexity index is 889. The van der Waals surface area contributed by atoms with Crippen LogP contribution in [0, 0.1) is 5.82 Å². The second-order valence-corrected chi connectivity index (χ2v) is 5.59. The highest BCUT2D eigenvalue weighted by molar-refractivity contribution is 6.29. The number of hydrogen-bond acceptors (Lipinski definition) is 4. The van der Waals surface area contributed by atoms with Crippen LogP contribution in [0.1, 0.15) is 15.9 Å². The van der Waals surface area contributed by atoms with E-state index in [9.17, 15) is 9.18 Å². The van der Waals surface area contributed by atoms with Gasteiger partial charge in [-0.25, -0.2) is 9.37 Å². The number of carbonyl (C=O) groups excluding carboxylic acids is 1. The molecule has 7 heteroatoms. The fraction of sp³-hybridized carbons (Fsp3) is 0.0556. The summed E-state index contributed by atoms with van der Waals surface area (Å²) < 4.78 is 13.3. The van der Waals surface area contributed by atoms with Crippen LogP contribution in [0.25, 0.3) is 0 Å². The highest BCUT2D eigenvalue weighted by Crippen LogP contribution is 2.19. The van der Waals surface area contributed by atoms with E-state index in [0.29, 0.717) is 23.6 Å². The molecule has 0 fully saturated rings. The second kappa shape index (κ2) is 7.72. The van der Waals surface area contributed by atoms with E-state index in [0.717, 1.165) is 5.56 Å². The molecule has 0 aliphatic heterocycles. The summed E-state index contributed by atoms with van der Waals surface area (Å²) >= 11 is 5.94. The van der Waals surface area contributed by atoms with Crippen LogP contribution < -0.4 is 10.6 Å². The fourth-order valence-corrected chi connectivity index (χ4v) is 2.35. The van der Waals surface area contributed by atoms with E-state index < -0.39 is 11.7 Å². The molecule has 5 nitrogen and oxygen atoms in total. The predicted molar refractivity (Wildman–Crippen MR) is 95.2 cm³/mol. The van der Waals surface area contributed by atoms with Gasteiger partial charge in [-0.2, -0.15) is 0 Å². The SMILES string of the molecule is O=C(Nc1cccc(F)c1)c1ccc(Cl)nc1NCc1ccncc1. The number of anilines is 2. The predicted octanol–water partition coefficient (Wildman–Crippen LogP) is 4.13. The third-order valence-electron chi connectivity index (χ3n) is 3.40. The Labute approximate surface area is 148 Å². The number of amides is 1. The summed E-state index contributed by atoms with van der Waals surface area (Å²) in [7, 11) is 0. The molecule has 2 aromatic heterocycles. The molecular formula is C18H14ClFN4O. The van der Waals surface area contributed by atoms with Crippen LogP contribution in [0.4, 0.5) is 15.9 Å². The summed E-state index contributed by atoms with van der Waals surface area (Å²) in [6, 6.07) is 12.5. The van der Waals surface area contributed by atoms with Crippen molar-refractivity contribution < 1.29 is 9.18 Å². The van der Waals surface area contributed by atoms with Crippen molar-refractivity contribution in [2.45, 2.75) is 6.54 Å². The highest BCUT2D eigenvalue weighted by Gasteiger charge is 2.14. The summed E-state index contributed by atoms with van der Waals surface area (Å²) in [5.74, 6) is -0.492. The molecule has 0 radical (unpaired) electrons. The van der Waals surface area contributed by atoms with Gasteiger partial charge in [-0.15, -0.1) is 0 Å². The molecule has 0 saturated carbocycles. The van der Waals surface area contributed by atoms with Crippen LogP contribution in [0.3, 0.4) is 0 Å². The smallest absolute Gasteiger partial charge is 0.259 e. The number of pyridine rings is 2. The van der Waals surface area contributed by atoms with Gasteiger partial charge in [0.1, 0.15) is 16.8 Å². The topological polar surface area (TPSA) is 66.9 Å². The van der Waals surface area contributed by atoms with E-state index in [1.165, 1.54) is 24.3 Å². The third-order valence-corrected chi connectivity index (χ3v) is 3.61. The van der Waals surface area contributed by atoms with Crippen molar-refractivity contribution in [2.75, 3.05) is 10.6 Å². The quantitative estimate of drug-likeness (QED) is 0.674. The molecule has 0 aliphatic rings. The van der Waals surface area contributed by atoms with Gasteiger partial charge in [-0.3, -0.25) is 9.78 Å². The number of halogens is 2. The lowest BCUT2D eigenvalue weighted by atomic mass is 10.2. The number of nitrogens with one attached hydrogen (secondary N) is 2. The number of nitrogens with zero attached hydrogens (tertiary/aromatic N) is 2. The molecular weight excluding hydrogens is 343 g/mol. The molecule has 1 amide bonds. The lowest BCUT2D eigenvalue weighted by Gasteiger charge is -2.12. The molecule has 3 rings (SSSR count). The molecule has 1 aromatic carbocycles. The molecule has 2 heterocycles. The Morgan fingerprint density at radius 1 is 1.12 bits per heavy atom. The Morgan fingerprint density at radius 2 is 1.92 bits per heavy atom. The van der Waals surface area contributed by atoms with Crippen molar-refractivity contribution in [3.05, 3.63) is 83.0 Å². The van der Waals surface area contributed by atoms with Gasteiger partial charge >= 0.3 is 0 Å². The van der Waals surface area contributed by atoms with Crippen molar-refractivity contribution >= 4 is 29.0 Å². The lowest BCUT2D eigenvalue weighted by molar-refractivity contribution is 0.102. The maximum atomic E-state index is 13.3. The van der Waals surface area contributed by atoms with Crippen molar-refractivity contribution in [1.82, 2.24) is 9.97 Å². The first kappa shape index (κ1) is 16.9. The van der Waals surface area contributed by atoms with Crippen molar-refractivity contribution in [3.8, 4) is 0 Å². The van der Waals surface area contributed by atoms with Crippen LogP contribution in [-0.4, -0.2) is 15.9 Å². The van der Waals surface area contributed by atoms with Gasteiger partial charge in [0, 0.05) is 24.6 Å². The Balaban J connectivity index is 1.79. The van der Waals surface area contributed by atoms with Gasteiger partial charge in [0.15, 0.2) is 0 Å². The normalized spacial score (nSPS) is 10.3. The standard InChI is InChI=1S/C18H14ClFN4O/c19-16-5-4-15(18(25)23-14-3-1-2-13(20)10-14)17(24-16)22-11-12-6-8-21-9-7-12/h1-10H,11H2,(H,22,24)(H,23,25). The largest absolute Gasteiger partial charge is 0.365 e. The van der Waals surface area contributed by atoms with Crippen LogP contribution in [0.5, 0.6) is 0 Å². The minimum absolute atomic E-state index is 0.263. The zero-order chi connectivity index (χ0) is 17.6. The van der Waals surface area contributed by atoms with Gasteiger partial charge < -0.3 is 10.6 Å². The minimum atomic E-state index is -0.428. The van der Waals surface area contributed by atoms with Gasteiger partial charge in [0.2, 0.25) is 0 Å². The first-order valence-electron chi connectivity index (χ1n) is 7.48. The summed E-state index contributed by atoms with van der Waals surface area (Å²) in [6.45, 7) is 0.454. The van der Waals surface area contributed by atoms with E-state index in [2.05, 4.69) is 20.6 Å². The molecule has 0 spiro atoms. The molecule has 2 N–H and O–H groups in total. The molecule has 0 atom stereocenters. The first-order chi connectivity index (χ1) is 12.1. The molecule has 3 aromatic rings. The third kappa shape index (κ3) is 4.51. The Morgan fingerprint density at radius 3 is 2.68 bits per heavy atom. The van der Waals surface area contributed by atoms with Gasteiger partial charge in [-0.1, -0.05) is 17.7 Å². The van der Waals surface area contributed by atoms with Gasteiger partial charge in [-0.05, 0) is 48.0 Å². The van der Waals surface area contributed by atoms with E-state index in [-0.39, 0.29) is 5.15 Å². The van der Waals surface area contributed by atoms with Gasteiger partial charge in [0.25, 0.3) is 5.91 Å². The molecule has 126 valence electrons. The van der Waals surface area contributed by atoms with E-state index in [1.807, 2.05) is 12.1 Å². The average molecular weight is 357 g/mol. The molecule has 0 aliphatic carbocycles. The number of benzene rings is 1. The summed E-state index contributed by atoms with van der Waals surface area (Å²) in [5.41, 5.74) is 1.65. The second-order valence-electron chi connectivity index (χ2n) is 5.20. The lowest BCUT2D eigenvalue weighted by Crippen LogP contribution is -2.16. The fourth-order valence-electron chi connectivity index (χ4n) is 2.20. The van der Waals surface area contributed by atoms with Gasteiger partial charge in [0.05, 0.1) is 5.56 Å². The number of aromatic nitrogens is 2. The summed E-state index contributed by atoms with van der Waals surface area (Å²) in [6.07, 6.45) is 3.36. The number of carbonyl (C=O) groups is 1. The van der Waals surface area contributed by atoms with Crippen LogP contribution in [0.2, 0.25) is 5.15 Å². The molecule has 0 unspecified atom stereocenters. The molecule has 0 saturated heterocycles. The van der Waals surface area contributed by atoms with Crippen LogP contribution in [-0.2, 0) is 6.54 Å². The van der Waals surface area contributed by atoms with Crippen LogP contribution in [0.15, 0.2) is 60.9 Å². The summed E-state index contributed by atoms with van der Waals surface area (Å²) in [4.78, 5) is 20.6. The zero-order valence-electron chi connectivity index (χ0n) is 13.0. The Kier molecular flexibility index (Phi) is 5.20.